The maximum Gasteiger partial charge on any atom is 0.120 e. The van der Waals surface area contributed by atoms with Crippen LogP contribution in [0.3, 0.4) is 0 Å². The molecule has 0 radical (unpaired) electrons. The highest BCUT2D eigenvalue weighted by atomic mass is 16.3. The fraction of sp³-hybridized carbons (Fsp3) is 0.154. The molecule has 1 aromatic heterocycles. The molecule has 0 saturated carbocycles. The van der Waals surface area contributed by atoms with E-state index in [-0.39, 0.29) is 6.61 Å². The lowest BCUT2D eigenvalue weighted by Crippen LogP contribution is -2.06. The number of benzene rings is 1. The molecular weight excluding hydrogens is 202 g/mol. The number of pyridine rings is 1. The van der Waals surface area contributed by atoms with Crippen molar-refractivity contribution >= 4 is 0 Å². The summed E-state index contributed by atoms with van der Waals surface area (Å²) in [6.07, 6.45) is 0.678. The first-order chi connectivity index (χ1) is 7.83. The molecule has 1 unspecified atom stereocenters. The Morgan fingerprint density at radius 3 is 2.50 bits per heavy atom. The quantitative estimate of drug-likeness (QED) is 0.820. The van der Waals surface area contributed by atoms with Gasteiger partial charge in [0, 0.05) is 11.8 Å². The lowest BCUT2D eigenvalue weighted by atomic mass is 10.0. The molecule has 0 aliphatic heterocycles. The summed E-state index contributed by atoms with van der Waals surface area (Å²) in [5.41, 5.74) is 2.35. The van der Waals surface area contributed by atoms with Gasteiger partial charge in [-0.1, -0.05) is 36.4 Å². The number of nitrogens with zero attached hydrogens (tertiary/aromatic N) is 1. The third-order valence-electron chi connectivity index (χ3n) is 2.41. The van der Waals surface area contributed by atoms with Crippen LogP contribution in [0.25, 0.3) is 11.1 Å². The molecule has 0 aliphatic rings. The van der Waals surface area contributed by atoms with Gasteiger partial charge in [-0.05, 0) is 11.6 Å². The van der Waals surface area contributed by atoms with Crippen LogP contribution in [0.5, 0.6) is 0 Å². The molecule has 0 aliphatic carbocycles. The molecule has 3 nitrogen and oxygen atoms in total. The van der Waals surface area contributed by atoms with Gasteiger partial charge in [0.2, 0.25) is 0 Å². The van der Waals surface area contributed by atoms with E-state index < -0.39 is 6.10 Å². The van der Waals surface area contributed by atoms with E-state index in [0.29, 0.717) is 5.69 Å². The minimum Gasteiger partial charge on any atom is -0.393 e. The van der Waals surface area contributed by atoms with Crippen LogP contribution in [0.1, 0.15) is 11.8 Å². The molecule has 1 aromatic carbocycles. The number of rotatable bonds is 3. The van der Waals surface area contributed by atoms with Crippen LogP contribution in [-0.2, 0) is 0 Å². The van der Waals surface area contributed by atoms with Crippen molar-refractivity contribution in [1.29, 1.82) is 0 Å². The third-order valence-corrected chi connectivity index (χ3v) is 2.41. The summed E-state index contributed by atoms with van der Waals surface area (Å²) in [5.74, 6) is 0. The van der Waals surface area contributed by atoms with Gasteiger partial charge in [0.15, 0.2) is 0 Å². The first-order valence-electron chi connectivity index (χ1n) is 5.12. The van der Waals surface area contributed by atoms with E-state index in [1.54, 1.807) is 6.20 Å². The van der Waals surface area contributed by atoms with Crippen LogP contribution in [-0.4, -0.2) is 21.8 Å². The van der Waals surface area contributed by atoms with Crippen molar-refractivity contribution in [2.45, 2.75) is 6.10 Å². The van der Waals surface area contributed by atoms with Crippen molar-refractivity contribution in [2.75, 3.05) is 6.61 Å². The second-order valence-electron chi connectivity index (χ2n) is 3.50. The van der Waals surface area contributed by atoms with Gasteiger partial charge in [0.1, 0.15) is 6.10 Å². The molecule has 2 N–H and O–H groups in total. The Bertz CT molecular complexity index is 456. The fourth-order valence-electron chi connectivity index (χ4n) is 1.63. The van der Waals surface area contributed by atoms with Crippen molar-refractivity contribution in [3.63, 3.8) is 0 Å². The molecule has 2 rings (SSSR count). The molecular formula is C13H13NO2. The number of hydrogen-bond donors (Lipinski definition) is 2. The standard InChI is InChI=1S/C13H13NO2/c15-9-12(16)13-11(7-4-8-14-13)10-5-2-1-3-6-10/h1-8,12,15-16H,9H2. The molecule has 0 spiro atoms. The Balaban J connectivity index is 2.49. The van der Waals surface area contributed by atoms with Crippen LogP contribution >= 0.6 is 0 Å². The van der Waals surface area contributed by atoms with Crippen molar-refractivity contribution in [2.24, 2.45) is 0 Å². The average Bonchev–Trinajstić information content (AvgIpc) is 2.39. The summed E-state index contributed by atoms with van der Waals surface area (Å²) in [6, 6.07) is 13.4. The Hall–Kier alpha value is -1.71. The molecule has 2 aromatic rings. The van der Waals surface area contributed by atoms with Gasteiger partial charge in [-0.3, -0.25) is 4.98 Å². The van der Waals surface area contributed by atoms with Crippen LogP contribution in [0, 0.1) is 0 Å². The maximum atomic E-state index is 9.66. The normalized spacial score (nSPS) is 12.4. The van der Waals surface area contributed by atoms with E-state index in [0.717, 1.165) is 11.1 Å². The van der Waals surface area contributed by atoms with E-state index in [9.17, 15) is 5.11 Å². The lowest BCUT2D eigenvalue weighted by Gasteiger charge is -2.12. The highest BCUT2D eigenvalue weighted by Gasteiger charge is 2.13. The van der Waals surface area contributed by atoms with Crippen LogP contribution < -0.4 is 0 Å². The average molecular weight is 215 g/mol. The molecule has 3 heteroatoms. The summed E-state index contributed by atoms with van der Waals surface area (Å²) in [6.45, 7) is -0.323. The second kappa shape index (κ2) is 4.88. The molecule has 1 heterocycles. The van der Waals surface area contributed by atoms with Gasteiger partial charge >= 0.3 is 0 Å². The number of hydrogen-bond acceptors (Lipinski definition) is 3. The summed E-state index contributed by atoms with van der Waals surface area (Å²) >= 11 is 0. The zero-order chi connectivity index (χ0) is 11.4. The Kier molecular flexibility index (Phi) is 3.29. The number of aromatic nitrogens is 1. The lowest BCUT2D eigenvalue weighted by molar-refractivity contribution is 0.0927. The van der Waals surface area contributed by atoms with Crippen LogP contribution in [0.4, 0.5) is 0 Å². The highest BCUT2D eigenvalue weighted by Crippen LogP contribution is 2.25. The maximum absolute atomic E-state index is 9.66. The topological polar surface area (TPSA) is 53.4 Å². The predicted octanol–water partition coefficient (Wildman–Crippen LogP) is 1.77. The molecule has 1 atom stereocenters. The molecule has 16 heavy (non-hydrogen) atoms. The van der Waals surface area contributed by atoms with Crippen molar-refractivity contribution < 1.29 is 10.2 Å². The summed E-state index contributed by atoms with van der Waals surface area (Å²) in [4.78, 5) is 4.12. The zero-order valence-electron chi connectivity index (χ0n) is 8.74. The van der Waals surface area contributed by atoms with Crippen molar-refractivity contribution in [3.8, 4) is 11.1 Å². The predicted molar refractivity (Wildman–Crippen MR) is 61.7 cm³/mol. The van der Waals surface area contributed by atoms with Gasteiger partial charge in [-0.2, -0.15) is 0 Å². The molecule has 0 saturated heterocycles. The highest BCUT2D eigenvalue weighted by molar-refractivity contribution is 5.65. The van der Waals surface area contributed by atoms with Gasteiger partial charge < -0.3 is 10.2 Å². The smallest absolute Gasteiger partial charge is 0.120 e. The van der Waals surface area contributed by atoms with Crippen LogP contribution in [0.15, 0.2) is 48.7 Å². The van der Waals surface area contributed by atoms with Gasteiger partial charge in [0.25, 0.3) is 0 Å². The van der Waals surface area contributed by atoms with Crippen molar-refractivity contribution in [3.05, 3.63) is 54.4 Å². The van der Waals surface area contributed by atoms with Gasteiger partial charge in [0.05, 0.1) is 12.3 Å². The summed E-state index contributed by atoms with van der Waals surface area (Å²) in [7, 11) is 0. The SMILES string of the molecule is OCC(O)c1ncccc1-c1ccccc1. The van der Waals surface area contributed by atoms with Gasteiger partial charge in [-0.25, -0.2) is 0 Å². The number of aliphatic hydroxyl groups excluding tert-OH is 2. The van der Waals surface area contributed by atoms with Crippen molar-refractivity contribution in [1.82, 2.24) is 4.98 Å². The Labute approximate surface area is 94.0 Å². The van der Waals surface area contributed by atoms with E-state index in [4.69, 9.17) is 5.11 Å². The van der Waals surface area contributed by atoms with E-state index in [1.807, 2.05) is 42.5 Å². The van der Waals surface area contributed by atoms with E-state index in [1.165, 1.54) is 0 Å². The Morgan fingerprint density at radius 2 is 1.81 bits per heavy atom. The molecule has 82 valence electrons. The minimum absolute atomic E-state index is 0.323. The first-order valence-corrected chi connectivity index (χ1v) is 5.12. The number of aliphatic hydroxyl groups is 2. The summed E-state index contributed by atoms with van der Waals surface area (Å²) in [5, 5.41) is 18.6. The Morgan fingerprint density at radius 1 is 1.06 bits per heavy atom. The second-order valence-corrected chi connectivity index (χ2v) is 3.50. The summed E-state index contributed by atoms with van der Waals surface area (Å²) < 4.78 is 0. The van der Waals surface area contributed by atoms with Crippen LogP contribution in [0.2, 0.25) is 0 Å². The monoisotopic (exact) mass is 215 g/mol. The van der Waals surface area contributed by atoms with Gasteiger partial charge in [-0.15, -0.1) is 0 Å². The fourth-order valence-corrected chi connectivity index (χ4v) is 1.63. The molecule has 0 fully saturated rings. The molecule has 0 amide bonds. The zero-order valence-corrected chi connectivity index (χ0v) is 8.74. The largest absolute Gasteiger partial charge is 0.393 e. The molecule has 0 bridgehead atoms. The minimum atomic E-state index is -0.934. The first kappa shape index (κ1) is 10.8. The van der Waals surface area contributed by atoms with E-state index in [2.05, 4.69) is 4.98 Å². The third kappa shape index (κ3) is 2.10. The van der Waals surface area contributed by atoms with E-state index >= 15 is 0 Å².